The van der Waals surface area contributed by atoms with Crippen molar-refractivity contribution in [1.29, 1.82) is 0 Å². The average molecular weight is 165 g/mol. The van der Waals surface area contributed by atoms with Crippen molar-refractivity contribution in [1.82, 2.24) is 4.90 Å². The van der Waals surface area contributed by atoms with Crippen LogP contribution in [0, 0.1) is 17.3 Å². The van der Waals surface area contributed by atoms with Crippen LogP contribution >= 0.6 is 0 Å². The van der Waals surface area contributed by atoms with Crippen LogP contribution in [0.3, 0.4) is 0 Å². The van der Waals surface area contributed by atoms with Crippen LogP contribution in [-0.4, -0.2) is 24.5 Å². The van der Waals surface area contributed by atoms with Gasteiger partial charge in [-0.05, 0) is 49.5 Å². The van der Waals surface area contributed by atoms with E-state index in [9.17, 15) is 0 Å². The Labute approximate surface area is 75.1 Å². The van der Waals surface area contributed by atoms with E-state index in [1.165, 1.54) is 25.6 Å². The lowest BCUT2D eigenvalue weighted by atomic mass is 9.56. The molecule has 1 spiro atoms. The number of hydrogen-bond donors (Lipinski definition) is 0. The number of likely N-dealkylation sites (tertiary alicyclic amines) is 1. The van der Waals surface area contributed by atoms with Crippen LogP contribution in [0.1, 0.15) is 32.6 Å². The third-order valence-electron chi connectivity index (χ3n) is 4.24. The maximum atomic E-state index is 2.59. The second-order valence-electron chi connectivity index (χ2n) is 5.31. The largest absolute Gasteiger partial charge is 0.302 e. The number of nitrogens with zero attached hydrogens (tertiary/aromatic N) is 1. The van der Waals surface area contributed by atoms with Gasteiger partial charge in [-0.3, -0.25) is 0 Å². The maximum Gasteiger partial charge on any atom is 0.00506 e. The first-order valence-corrected chi connectivity index (χ1v) is 5.54. The second kappa shape index (κ2) is 2.25. The summed E-state index contributed by atoms with van der Waals surface area (Å²) in [6, 6.07) is 0. The van der Waals surface area contributed by atoms with E-state index in [-0.39, 0.29) is 0 Å². The predicted octanol–water partition coefficient (Wildman–Crippen LogP) is 2.13. The van der Waals surface area contributed by atoms with E-state index in [0.717, 1.165) is 11.3 Å². The molecule has 68 valence electrons. The van der Waals surface area contributed by atoms with Gasteiger partial charge in [0.2, 0.25) is 0 Å². The molecule has 0 aromatic carbocycles. The molecule has 0 aromatic rings. The zero-order valence-corrected chi connectivity index (χ0v) is 8.05. The summed E-state index contributed by atoms with van der Waals surface area (Å²) < 4.78 is 0. The summed E-state index contributed by atoms with van der Waals surface area (Å²) >= 11 is 0. The van der Waals surface area contributed by atoms with Gasteiger partial charge in [0.15, 0.2) is 0 Å². The Morgan fingerprint density at radius 2 is 1.83 bits per heavy atom. The fourth-order valence-corrected chi connectivity index (χ4v) is 3.34. The van der Waals surface area contributed by atoms with Gasteiger partial charge in [0, 0.05) is 13.1 Å². The molecular formula is C11H19N. The summed E-state index contributed by atoms with van der Waals surface area (Å²) in [5, 5.41) is 0. The lowest BCUT2D eigenvalue weighted by molar-refractivity contribution is -0.0972. The third-order valence-corrected chi connectivity index (χ3v) is 4.24. The molecule has 0 aromatic heterocycles. The van der Waals surface area contributed by atoms with Crippen LogP contribution < -0.4 is 0 Å². The topological polar surface area (TPSA) is 3.24 Å². The van der Waals surface area contributed by atoms with Crippen LogP contribution in [0.4, 0.5) is 0 Å². The van der Waals surface area contributed by atoms with Crippen molar-refractivity contribution in [3.8, 4) is 0 Å². The molecule has 2 aliphatic carbocycles. The van der Waals surface area contributed by atoms with Gasteiger partial charge in [-0.25, -0.2) is 0 Å². The lowest BCUT2D eigenvalue weighted by Crippen LogP contribution is -2.62. The molecule has 1 heterocycles. The van der Waals surface area contributed by atoms with E-state index >= 15 is 0 Å². The minimum Gasteiger partial charge on any atom is -0.302 e. The van der Waals surface area contributed by atoms with Crippen LogP contribution in [0.5, 0.6) is 0 Å². The van der Waals surface area contributed by atoms with Crippen molar-refractivity contribution < 1.29 is 0 Å². The quantitative estimate of drug-likeness (QED) is 0.606. The Bertz CT molecular complexity index is 181. The first-order chi connectivity index (χ1) is 5.81. The number of hydrogen-bond acceptors (Lipinski definition) is 1. The average Bonchev–Trinajstić information content (AvgIpc) is 2.65. The van der Waals surface area contributed by atoms with Gasteiger partial charge in [0.1, 0.15) is 0 Å². The van der Waals surface area contributed by atoms with Crippen LogP contribution in [0.2, 0.25) is 0 Å². The summed E-state index contributed by atoms with van der Waals surface area (Å²) in [6.45, 7) is 6.40. The molecule has 12 heavy (non-hydrogen) atoms. The third kappa shape index (κ3) is 0.953. The number of rotatable bonds is 2. The molecule has 1 nitrogen and oxygen atoms in total. The molecule has 3 aliphatic rings. The Kier molecular flexibility index (Phi) is 1.39. The zero-order chi connectivity index (χ0) is 8.18. The molecule has 1 aliphatic heterocycles. The Balaban J connectivity index is 1.50. The summed E-state index contributed by atoms with van der Waals surface area (Å²) in [7, 11) is 0. The Morgan fingerprint density at radius 1 is 1.17 bits per heavy atom. The van der Waals surface area contributed by atoms with Gasteiger partial charge in [-0.2, -0.15) is 0 Å². The molecule has 1 saturated heterocycles. The molecule has 2 saturated carbocycles. The molecule has 3 fully saturated rings. The SMILES string of the molecule is CCN1CC2(CC(C3CC3)C2)C1. The van der Waals surface area contributed by atoms with Crippen LogP contribution in [0.15, 0.2) is 0 Å². The van der Waals surface area contributed by atoms with Gasteiger partial charge >= 0.3 is 0 Å². The molecule has 3 rings (SSSR count). The van der Waals surface area contributed by atoms with E-state index in [1.807, 2.05) is 0 Å². The van der Waals surface area contributed by atoms with Crippen LogP contribution in [-0.2, 0) is 0 Å². The summed E-state index contributed by atoms with van der Waals surface area (Å²) in [4.78, 5) is 2.59. The molecule has 0 N–H and O–H groups in total. The van der Waals surface area contributed by atoms with Gasteiger partial charge in [0.05, 0.1) is 0 Å². The van der Waals surface area contributed by atoms with E-state index < -0.39 is 0 Å². The maximum absolute atomic E-state index is 2.59. The van der Waals surface area contributed by atoms with Crippen molar-refractivity contribution >= 4 is 0 Å². The van der Waals surface area contributed by atoms with Crippen molar-refractivity contribution in [2.45, 2.75) is 32.6 Å². The van der Waals surface area contributed by atoms with Gasteiger partial charge in [-0.15, -0.1) is 0 Å². The smallest absolute Gasteiger partial charge is 0.00506 e. The van der Waals surface area contributed by atoms with E-state index in [4.69, 9.17) is 0 Å². The molecule has 1 heteroatoms. The van der Waals surface area contributed by atoms with E-state index in [1.54, 1.807) is 25.7 Å². The summed E-state index contributed by atoms with van der Waals surface area (Å²) in [6.07, 6.45) is 6.26. The molecule has 0 unspecified atom stereocenters. The molecule has 0 atom stereocenters. The fourth-order valence-electron chi connectivity index (χ4n) is 3.34. The van der Waals surface area contributed by atoms with Gasteiger partial charge < -0.3 is 4.90 Å². The summed E-state index contributed by atoms with van der Waals surface area (Å²) in [5.74, 6) is 2.33. The second-order valence-corrected chi connectivity index (χ2v) is 5.31. The fraction of sp³-hybridized carbons (Fsp3) is 1.00. The molecule has 0 bridgehead atoms. The van der Waals surface area contributed by atoms with Crippen molar-refractivity contribution in [2.24, 2.45) is 17.3 Å². The lowest BCUT2D eigenvalue weighted by Gasteiger charge is -2.59. The first kappa shape index (κ1) is 7.37. The Hall–Kier alpha value is -0.0400. The van der Waals surface area contributed by atoms with Crippen molar-refractivity contribution in [2.75, 3.05) is 19.6 Å². The highest BCUT2D eigenvalue weighted by Crippen LogP contribution is 2.58. The highest BCUT2D eigenvalue weighted by atomic mass is 15.2. The molecule has 0 amide bonds. The minimum atomic E-state index is 0.837. The van der Waals surface area contributed by atoms with E-state index in [0.29, 0.717) is 0 Å². The normalized spacial score (nSPS) is 34.8. The highest BCUT2D eigenvalue weighted by molar-refractivity contribution is 5.06. The van der Waals surface area contributed by atoms with Crippen molar-refractivity contribution in [3.05, 3.63) is 0 Å². The van der Waals surface area contributed by atoms with Gasteiger partial charge in [0.25, 0.3) is 0 Å². The van der Waals surface area contributed by atoms with E-state index in [2.05, 4.69) is 11.8 Å². The standard InChI is InChI=1S/C11H19N/c1-2-12-7-11(8-12)5-10(6-11)9-3-4-9/h9-10H,2-8H2,1H3. The van der Waals surface area contributed by atoms with Crippen LogP contribution in [0.25, 0.3) is 0 Å². The molecule has 0 radical (unpaired) electrons. The van der Waals surface area contributed by atoms with Crippen molar-refractivity contribution in [3.63, 3.8) is 0 Å². The Morgan fingerprint density at radius 3 is 2.33 bits per heavy atom. The minimum absolute atomic E-state index is 0.837. The molecular weight excluding hydrogens is 146 g/mol. The predicted molar refractivity (Wildman–Crippen MR) is 50.0 cm³/mol. The summed E-state index contributed by atoms with van der Waals surface area (Å²) in [5.41, 5.74) is 0.837. The monoisotopic (exact) mass is 165 g/mol. The highest BCUT2D eigenvalue weighted by Gasteiger charge is 2.54. The van der Waals surface area contributed by atoms with Gasteiger partial charge in [-0.1, -0.05) is 6.92 Å². The zero-order valence-electron chi connectivity index (χ0n) is 8.05. The first-order valence-electron chi connectivity index (χ1n) is 5.54.